The van der Waals surface area contributed by atoms with E-state index in [-0.39, 0.29) is 11.3 Å². The maximum Gasteiger partial charge on any atom is 0.140 e. The molecule has 6 atom stereocenters. The Morgan fingerprint density at radius 2 is 1.95 bits per heavy atom. The Bertz CT molecular complexity index is 464. The lowest BCUT2D eigenvalue weighted by Gasteiger charge is -2.58. The third-order valence-electron chi connectivity index (χ3n) is 7.74. The molecule has 4 aliphatic carbocycles. The summed E-state index contributed by atoms with van der Waals surface area (Å²) in [7, 11) is 0. The number of Topliss-reactive ketones (excluding diaryl/α,β-unsaturated/α-hetero) is 1. The molecule has 1 heteroatoms. The molecule has 0 N–H and O–H groups in total. The van der Waals surface area contributed by atoms with Gasteiger partial charge < -0.3 is 0 Å². The highest BCUT2D eigenvalue weighted by molar-refractivity contribution is 5.85. The normalized spacial score (nSPS) is 54.2. The van der Waals surface area contributed by atoms with Crippen LogP contribution in [0.4, 0.5) is 0 Å². The summed E-state index contributed by atoms with van der Waals surface area (Å²) in [5.41, 5.74) is 0.841. The molecule has 110 valence electrons. The lowest BCUT2D eigenvalue weighted by Crippen LogP contribution is -2.54. The smallest absolute Gasteiger partial charge is 0.140 e. The highest BCUT2D eigenvalue weighted by atomic mass is 16.1. The number of carbonyl (C=O) groups is 1. The van der Waals surface area contributed by atoms with E-state index in [1.165, 1.54) is 44.9 Å². The standard InChI is InChI=1S/C19H28O/c1-18-9-5-7-14(18)13-12-17(20)16-6-3-4-10-19(16,2)15(13)8-11-18/h3,6,13-16H,4-5,7-12H2,1-2H3/t13-,14-,15-,16?,18-,19+/m0/s1. The SMILES string of the molecule is C[C@@]12CCC[C@H]1[C@@H]1CC(=O)C3C=CCC[C@]3(C)[C@H]1CC2. The van der Waals surface area contributed by atoms with Gasteiger partial charge in [-0.15, -0.1) is 0 Å². The van der Waals surface area contributed by atoms with Gasteiger partial charge in [0, 0.05) is 12.3 Å². The van der Waals surface area contributed by atoms with Crippen LogP contribution in [0, 0.1) is 34.5 Å². The van der Waals surface area contributed by atoms with Gasteiger partial charge in [-0.25, -0.2) is 0 Å². The van der Waals surface area contributed by atoms with Crippen molar-refractivity contribution in [2.24, 2.45) is 34.5 Å². The van der Waals surface area contributed by atoms with E-state index in [1.807, 2.05) is 0 Å². The molecule has 0 radical (unpaired) electrons. The number of hydrogen-bond donors (Lipinski definition) is 0. The van der Waals surface area contributed by atoms with E-state index in [1.54, 1.807) is 0 Å². The second kappa shape index (κ2) is 4.21. The van der Waals surface area contributed by atoms with Crippen LogP contribution in [-0.4, -0.2) is 5.78 Å². The average Bonchev–Trinajstić information content (AvgIpc) is 2.81. The Morgan fingerprint density at radius 3 is 2.80 bits per heavy atom. The molecule has 0 heterocycles. The van der Waals surface area contributed by atoms with Crippen molar-refractivity contribution in [2.45, 2.75) is 65.2 Å². The highest BCUT2D eigenvalue weighted by Gasteiger charge is 2.58. The number of hydrogen-bond acceptors (Lipinski definition) is 1. The van der Waals surface area contributed by atoms with Crippen molar-refractivity contribution in [1.82, 2.24) is 0 Å². The Labute approximate surface area is 123 Å². The van der Waals surface area contributed by atoms with Gasteiger partial charge in [-0.1, -0.05) is 32.4 Å². The summed E-state index contributed by atoms with van der Waals surface area (Å²) in [5.74, 6) is 3.15. The molecule has 0 aromatic carbocycles. The van der Waals surface area contributed by atoms with Gasteiger partial charge in [0.1, 0.15) is 5.78 Å². The molecular weight excluding hydrogens is 244 g/mol. The molecule has 0 aliphatic heterocycles. The van der Waals surface area contributed by atoms with Gasteiger partial charge in [0.2, 0.25) is 0 Å². The Hall–Kier alpha value is -0.590. The van der Waals surface area contributed by atoms with Crippen LogP contribution in [0.2, 0.25) is 0 Å². The van der Waals surface area contributed by atoms with E-state index in [0.717, 1.165) is 18.3 Å². The van der Waals surface area contributed by atoms with Gasteiger partial charge in [0.05, 0.1) is 0 Å². The molecule has 0 aromatic rings. The summed E-state index contributed by atoms with van der Waals surface area (Å²) in [4.78, 5) is 12.7. The fraction of sp³-hybridized carbons (Fsp3) is 0.842. The van der Waals surface area contributed by atoms with Crippen LogP contribution >= 0.6 is 0 Å². The van der Waals surface area contributed by atoms with Crippen LogP contribution < -0.4 is 0 Å². The molecule has 0 spiro atoms. The fourth-order valence-corrected chi connectivity index (χ4v) is 6.64. The van der Waals surface area contributed by atoms with Gasteiger partial charge in [0.25, 0.3) is 0 Å². The van der Waals surface area contributed by atoms with E-state index in [4.69, 9.17) is 0 Å². The molecular formula is C19H28O. The van der Waals surface area contributed by atoms with Gasteiger partial charge in [-0.05, 0) is 67.1 Å². The van der Waals surface area contributed by atoms with Crippen LogP contribution in [0.25, 0.3) is 0 Å². The van der Waals surface area contributed by atoms with Crippen molar-refractivity contribution >= 4 is 5.78 Å². The maximum absolute atomic E-state index is 12.7. The first kappa shape index (κ1) is 13.1. The molecule has 0 aromatic heterocycles. The first-order valence-electron chi connectivity index (χ1n) is 8.74. The Kier molecular flexibility index (Phi) is 2.76. The van der Waals surface area contributed by atoms with Crippen LogP contribution in [0.15, 0.2) is 12.2 Å². The minimum atomic E-state index is 0.239. The van der Waals surface area contributed by atoms with Gasteiger partial charge in [-0.2, -0.15) is 0 Å². The zero-order valence-corrected chi connectivity index (χ0v) is 13.0. The first-order chi connectivity index (χ1) is 9.55. The van der Waals surface area contributed by atoms with E-state index in [2.05, 4.69) is 26.0 Å². The molecule has 4 rings (SSSR count). The summed E-state index contributed by atoms with van der Waals surface area (Å²) < 4.78 is 0. The van der Waals surface area contributed by atoms with Gasteiger partial charge >= 0.3 is 0 Å². The highest BCUT2D eigenvalue weighted by Crippen LogP contribution is 2.64. The van der Waals surface area contributed by atoms with E-state index >= 15 is 0 Å². The fourth-order valence-electron chi connectivity index (χ4n) is 6.64. The van der Waals surface area contributed by atoms with E-state index < -0.39 is 0 Å². The predicted octanol–water partition coefficient (Wildman–Crippen LogP) is 4.76. The molecule has 0 saturated heterocycles. The number of rotatable bonds is 0. The zero-order valence-electron chi connectivity index (χ0n) is 13.0. The lowest BCUT2D eigenvalue weighted by molar-refractivity contribution is -0.144. The molecule has 3 saturated carbocycles. The molecule has 0 bridgehead atoms. The predicted molar refractivity (Wildman–Crippen MR) is 81.3 cm³/mol. The van der Waals surface area contributed by atoms with E-state index in [0.29, 0.717) is 17.1 Å². The quantitative estimate of drug-likeness (QED) is 0.581. The second-order valence-electron chi connectivity index (χ2n) is 8.58. The number of carbonyl (C=O) groups excluding carboxylic acids is 1. The van der Waals surface area contributed by atoms with Gasteiger partial charge in [0.15, 0.2) is 0 Å². The van der Waals surface area contributed by atoms with Crippen molar-refractivity contribution in [3.8, 4) is 0 Å². The molecule has 0 amide bonds. The van der Waals surface area contributed by atoms with Crippen molar-refractivity contribution in [3.05, 3.63) is 12.2 Å². The first-order valence-corrected chi connectivity index (χ1v) is 8.74. The topological polar surface area (TPSA) is 17.1 Å². The van der Waals surface area contributed by atoms with Crippen LogP contribution in [0.1, 0.15) is 65.2 Å². The van der Waals surface area contributed by atoms with Crippen molar-refractivity contribution in [2.75, 3.05) is 0 Å². The number of ketones is 1. The van der Waals surface area contributed by atoms with Crippen LogP contribution in [0.5, 0.6) is 0 Å². The third kappa shape index (κ3) is 1.58. The summed E-state index contributed by atoms with van der Waals surface area (Å²) in [6.45, 7) is 4.95. The molecule has 3 fully saturated rings. The summed E-state index contributed by atoms with van der Waals surface area (Å²) >= 11 is 0. The largest absolute Gasteiger partial charge is 0.299 e. The number of fused-ring (bicyclic) bond motifs is 5. The molecule has 1 nitrogen and oxygen atoms in total. The lowest BCUT2D eigenvalue weighted by atomic mass is 9.46. The summed E-state index contributed by atoms with van der Waals surface area (Å²) in [6.07, 6.45) is 14.8. The molecule has 20 heavy (non-hydrogen) atoms. The third-order valence-corrected chi connectivity index (χ3v) is 7.74. The van der Waals surface area contributed by atoms with Crippen LogP contribution in [0.3, 0.4) is 0 Å². The minimum absolute atomic E-state index is 0.239. The molecule has 1 unspecified atom stereocenters. The average molecular weight is 272 g/mol. The monoisotopic (exact) mass is 272 g/mol. The zero-order chi connectivity index (χ0) is 14.0. The number of allylic oxidation sites excluding steroid dienone is 2. The Balaban J connectivity index is 1.72. The van der Waals surface area contributed by atoms with Gasteiger partial charge in [-0.3, -0.25) is 4.79 Å². The minimum Gasteiger partial charge on any atom is -0.299 e. The van der Waals surface area contributed by atoms with Crippen molar-refractivity contribution < 1.29 is 4.79 Å². The van der Waals surface area contributed by atoms with Crippen molar-refractivity contribution in [3.63, 3.8) is 0 Å². The summed E-state index contributed by atoms with van der Waals surface area (Å²) in [5, 5.41) is 0. The Morgan fingerprint density at radius 1 is 1.10 bits per heavy atom. The van der Waals surface area contributed by atoms with Crippen LogP contribution in [-0.2, 0) is 4.79 Å². The van der Waals surface area contributed by atoms with E-state index in [9.17, 15) is 4.79 Å². The second-order valence-corrected chi connectivity index (χ2v) is 8.58. The molecule has 4 aliphatic rings. The summed E-state index contributed by atoms with van der Waals surface area (Å²) in [6, 6.07) is 0. The maximum atomic E-state index is 12.7. The van der Waals surface area contributed by atoms with Crippen molar-refractivity contribution in [1.29, 1.82) is 0 Å².